The van der Waals surface area contributed by atoms with Gasteiger partial charge in [-0.15, -0.1) is 0 Å². The van der Waals surface area contributed by atoms with Crippen molar-refractivity contribution in [3.63, 3.8) is 0 Å². The Kier molecular flexibility index (Phi) is 6.22. The third kappa shape index (κ3) is 4.32. The Balaban J connectivity index is 2.44. The highest BCUT2D eigenvalue weighted by Gasteiger charge is 2.34. The summed E-state index contributed by atoms with van der Waals surface area (Å²) in [6.45, 7) is 5.50. The molecule has 26 heavy (non-hydrogen) atoms. The number of hydrazine groups is 1. The van der Waals surface area contributed by atoms with Crippen LogP contribution < -0.4 is 0 Å². The van der Waals surface area contributed by atoms with Gasteiger partial charge in [0.2, 0.25) is 0 Å². The Morgan fingerprint density at radius 3 is 2.00 bits per heavy atom. The zero-order chi connectivity index (χ0) is 19.6. The van der Waals surface area contributed by atoms with Crippen molar-refractivity contribution < 1.29 is 9.59 Å². The molecule has 2 amide bonds. The molecule has 0 saturated carbocycles. The van der Waals surface area contributed by atoms with Crippen LogP contribution in [0.5, 0.6) is 0 Å². The Hall–Kier alpha value is -1.75. The topological polar surface area (TPSA) is 40.6 Å². The lowest BCUT2D eigenvalue weighted by Crippen LogP contribution is -2.56. The van der Waals surface area contributed by atoms with E-state index in [9.17, 15) is 9.59 Å². The summed E-state index contributed by atoms with van der Waals surface area (Å²) in [4.78, 5) is 26.0. The van der Waals surface area contributed by atoms with Crippen molar-refractivity contribution in [2.24, 2.45) is 0 Å². The van der Waals surface area contributed by atoms with Crippen LogP contribution in [0.25, 0.3) is 0 Å². The fourth-order valence-electron chi connectivity index (χ4n) is 2.54. The zero-order valence-corrected chi connectivity index (χ0v) is 17.2. The van der Waals surface area contributed by atoms with Crippen molar-refractivity contribution in [1.82, 2.24) is 10.0 Å². The molecule has 0 heterocycles. The van der Waals surface area contributed by atoms with Crippen LogP contribution in [0.4, 0.5) is 0 Å². The molecule has 2 rings (SSSR count). The molecule has 0 bridgehead atoms. The first kappa shape index (κ1) is 20.6. The van der Waals surface area contributed by atoms with Crippen molar-refractivity contribution in [1.29, 1.82) is 0 Å². The van der Waals surface area contributed by atoms with Gasteiger partial charge in [0.25, 0.3) is 11.8 Å². The number of rotatable bonds is 2. The average Bonchev–Trinajstić information content (AvgIpc) is 2.55. The number of nitrogens with zero attached hydrogens (tertiary/aromatic N) is 2. The molecule has 0 aliphatic carbocycles. The van der Waals surface area contributed by atoms with Crippen LogP contribution in [0.1, 0.15) is 41.5 Å². The summed E-state index contributed by atoms with van der Waals surface area (Å²) in [5.74, 6) is -0.766. The third-order valence-electron chi connectivity index (χ3n) is 3.69. The van der Waals surface area contributed by atoms with E-state index in [1.54, 1.807) is 36.4 Å². The van der Waals surface area contributed by atoms with E-state index < -0.39 is 5.54 Å². The minimum absolute atomic E-state index is 0.270. The molecule has 0 aliphatic heterocycles. The van der Waals surface area contributed by atoms with Gasteiger partial charge in [0.15, 0.2) is 0 Å². The first-order chi connectivity index (χ1) is 12.0. The minimum Gasteiger partial charge on any atom is -0.267 e. The van der Waals surface area contributed by atoms with E-state index in [0.29, 0.717) is 21.2 Å². The number of benzene rings is 2. The fraction of sp³-hybridized carbons (Fsp3) is 0.263. The maximum Gasteiger partial charge on any atom is 0.273 e. The molecule has 0 saturated heterocycles. The molecule has 0 aromatic heterocycles. The van der Waals surface area contributed by atoms with Gasteiger partial charge < -0.3 is 0 Å². The van der Waals surface area contributed by atoms with Crippen LogP contribution in [-0.2, 0) is 0 Å². The fourth-order valence-corrected chi connectivity index (χ4v) is 3.06. The van der Waals surface area contributed by atoms with E-state index in [-0.39, 0.29) is 16.8 Å². The summed E-state index contributed by atoms with van der Waals surface area (Å²) in [6, 6.07) is 11.3. The molecule has 2 aromatic rings. The number of amides is 2. The summed E-state index contributed by atoms with van der Waals surface area (Å²) in [5.41, 5.74) is -0.0320. The Morgan fingerprint density at radius 1 is 0.846 bits per heavy atom. The van der Waals surface area contributed by atoms with Gasteiger partial charge in [0.05, 0.1) is 26.2 Å². The second kappa shape index (κ2) is 7.87. The second-order valence-electron chi connectivity index (χ2n) is 6.73. The monoisotopic (exact) mass is 412 g/mol. The number of halogens is 3. The van der Waals surface area contributed by atoms with E-state index in [1.807, 2.05) is 20.8 Å². The summed E-state index contributed by atoms with van der Waals surface area (Å²) >= 11 is 18.1. The minimum atomic E-state index is -0.672. The Morgan fingerprint density at radius 2 is 1.46 bits per heavy atom. The van der Waals surface area contributed by atoms with Crippen molar-refractivity contribution in [3.05, 3.63) is 68.7 Å². The quantitative estimate of drug-likeness (QED) is 0.603. The lowest BCUT2D eigenvalue weighted by molar-refractivity contribution is -0.0308. The van der Waals surface area contributed by atoms with E-state index in [2.05, 4.69) is 0 Å². The highest BCUT2D eigenvalue weighted by atomic mass is 35.5. The molecule has 0 unspecified atom stereocenters. The lowest BCUT2D eigenvalue weighted by atomic mass is 10.1. The molecule has 0 spiro atoms. The van der Waals surface area contributed by atoms with Crippen LogP contribution in [0.2, 0.25) is 15.1 Å². The van der Waals surface area contributed by atoms with Gasteiger partial charge in [-0.05, 0) is 51.1 Å². The Labute approximate surface area is 168 Å². The van der Waals surface area contributed by atoms with Gasteiger partial charge in [-0.3, -0.25) is 9.59 Å². The van der Waals surface area contributed by atoms with E-state index in [0.717, 1.165) is 0 Å². The molecule has 138 valence electrons. The Bertz CT molecular complexity index is 847. The maximum absolute atomic E-state index is 13.1. The third-order valence-corrected chi connectivity index (χ3v) is 4.76. The molecule has 0 N–H and O–H groups in total. The van der Waals surface area contributed by atoms with Gasteiger partial charge in [0.1, 0.15) is 0 Å². The van der Waals surface area contributed by atoms with Crippen molar-refractivity contribution >= 4 is 46.6 Å². The molecule has 7 heteroatoms. The second-order valence-corrected chi connectivity index (χ2v) is 7.95. The van der Waals surface area contributed by atoms with E-state index >= 15 is 0 Å². The molecule has 0 fully saturated rings. The van der Waals surface area contributed by atoms with Crippen LogP contribution in [0.3, 0.4) is 0 Å². The first-order valence-corrected chi connectivity index (χ1v) is 8.99. The van der Waals surface area contributed by atoms with Crippen LogP contribution in [0.15, 0.2) is 42.5 Å². The first-order valence-electron chi connectivity index (χ1n) is 7.86. The molecular formula is C19H19Cl3N2O2. The molecular weight excluding hydrogens is 395 g/mol. The molecule has 4 nitrogen and oxygen atoms in total. The van der Waals surface area contributed by atoms with Crippen LogP contribution >= 0.6 is 34.8 Å². The number of carbonyl (C=O) groups excluding carboxylic acids is 2. The molecule has 0 aliphatic rings. The summed E-state index contributed by atoms with van der Waals surface area (Å²) in [7, 11) is 1.53. The number of carbonyl (C=O) groups is 2. The van der Waals surface area contributed by atoms with E-state index in [1.165, 1.54) is 23.1 Å². The van der Waals surface area contributed by atoms with E-state index in [4.69, 9.17) is 34.8 Å². The normalized spacial score (nSPS) is 11.2. The van der Waals surface area contributed by atoms with Crippen molar-refractivity contribution in [2.75, 3.05) is 7.05 Å². The smallest absolute Gasteiger partial charge is 0.267 e. The zero-order valence-electron chi connectivity index (χ0n) is 14.9. The predicted octanol–water partition coefficient (Wildman–Crippen LogP) is 5.57. The van der Waals surface area contributed by atoms with Gasteiger partial charge in [-0.2, -0.15) is 0 Å². The molecule has 0 radical (unpaired) electrons. The summed E-state index contributed by atoms with van der Waals surface area (Å²) in [6.07, 6.45) is 0. The van der Waals surface area contributed by atoms with Crippen molar-refractivity contribution in [3.8, 4) is 0 Å². The SMILES string of the molecule is CN(C(=O)c1ccccc1Cl)N(C(=O)c1ccc(Cl)c(Cl)c1)C(C)(C)C. The van der Waals surface area contributed by atoms with Gasteiger partial charge >= 0.3 is 0 Å². The van der Waals surface area contributed by atoms with Crippen molar-refractivity contribution in [2.45, 2.75) is 26.3 Å². The highest BCUT2D eigenvalue weighted by Crippen LogP contribution is 2.27. The predicted molar refractivity (Wildman–Crippen MR) is 106 cm³/mol. The lowest BCUT2D eigenvalue weighted by Gasteiger charge is -2.41. The van der Waals surface area contributed by atoms with Gasteiger partial charge in [0, 0.05) is 12.6 Å². The number of hydrogen-bond donors (Lipinski definition) is 0. The summed E-state index contributed by atoms with van der Waals surface area (Å²) in [5, 5.41) is 3.59. The number of hydrogen-bond acceptors (Lipinski definition) is 2. The van der Waals surface area contributed by atoms with Gasteiger partial charge in [-0.1, -0.05) is 46.9 Å². The standard InChI is InChI=1S/C19H19Cl3N2O2/c1-19(2,3)24(17(25)12-9-10-15(21)16(22)11-12)23(4)18(26)13-7-5-6-8-14(13)20/h5-11H,1-4H3. The van der Waals surface area contributed by atoms with Gasteiger partial charge in [-0.25, -0.2) is 10.0 Å². The van der Waals surface area contributed by atoms with Crippen LogP contribution in [0, 0.1) is 0 Å². The highest BCUT2D eigenvalue weighted by molar-refractivity contribution is 6.42. The summed E-state index contributed by atoms with van der Waals surface area (Å²) < 4.78 is 0. The maximum atomic E-state index is 13.1. The molecule has 0 atom stereocenters. The average molecular weight is 414 g/mol. The van der Waals surface area contributed by atoms with Crippen LogP contribution in [-0.4, -0.2) is 34.4 Å². The largest absolute Gasteiger partial charge is 0.273 e. The molecule has 2 aromatic carbocycles.